The van der Waals surface area contributed by atoms with Gasteiger partial charge in [-0.25, -0.2) is 19.0 Å². The Balaban J connectivity index is 0.863. The highest BCUT2D eigenvalue weighted by Gasteiger charge is 2.47. The first-order valence-corrected chi connectivity index (χ1v) is 26.2. The van der Waals surface area contributed by atoms with Crippen LogP contribution in [0.2, 0.25) is 0 Å². The second kappa shape index (κ2) is 23.7. The van der Waals surface area contributed by atoms with E-state index in [1.807, 2.05) is 76.2 Å². The van der Waals surface area contributed by atoms with E-state index in [0.29, 0.717) is 28.2 Å². The van der Waals surface area contributed by atoms with Crippen molar-refractivity contribution in [1.82, 2.24) is 29.4 Å². The first-order valence-electron chi connectivity index (χ1n) is 26.2. The third-order valence-electron chi connectivity index (χ3n) is 14.7. The van der Waals surface area contributed by atoms with Crippen LogP contribution in [-0.2, 0) is 45.7 Å². The lowest BCUT2D eigenvalue weighted by atomic mass is 9.80. The summed E-state index contributed by atoms with van der Waals surface area (Å²) in [5.41, 5.74) is 7.08. The minimum absolute atomic E-state index is 0.00753. The Kier molecular flexibility index (Phi) is 16.8. The van der Waals surface area contributed by atoms with Crippen LogP contribution in [0.3, 0.4) is 0 Å². The molecule has 0 aliphatic heterocycles. The molecule has 3 heterocycles. The molecule has 3 aromatic heterocycles. The van der Waals surface area contributed by atoms with Crippen molar-refractivity contribution in [2.24, 2.45) is 18.4 Å². The minimum Gasteiger partial charge on any atom is -0.489 e. The maximum absolute atomic E-state index is 15.6. The molecule has 0 radical (unpaired) electrons. The molecule has 4 aromatic carbocycles. The maximum atomic E-state index is 15.6. The van der Waals surface area contributed by atoms with Gasteiger partial charge < -0.3 is 64.4 Å². The highest BCUT2D eigenvalue weighted by atomic mass is 19.2. The molecule has 0 spiro atoms. The summed E-state index contributed by atoms with van der Waals surface area (Å²) in [5.74, 6) is -6.18. The van der Waals surface area contributed by atoms with Gasteiger partial charge in [-0.3, -0.25) is 14.3 Å². The lowest BCUT2D eigenvalue weighted by Gasteiger charge is -2.38. The number of ether oxygens (including phenoxy) is 4. The van der Waals surface area contributed by atoms with Crippen LogP contribution >= 0.6 is 0 Å². The number of aryl methyl sites for hydroxylation is 1. The Hall–Kier alpha value is -8.44. The number of carboxylic acids is 1. The number of carbonyl (C=O) groups is 4. The molecule has 7 N–H and O–H groups in total. The Morgan fingerprint density at radius 3 is 2.30 bits per heavy atom. The van der Waals surface area contributed by atoms with Crippen LogP contribution in [0.25, 0.3) is 27.9 Å². The van der Waals surface area contributed by atoms with E-state index in [1.54, 1.807) is 40.7 Å². The summed E-state index contributed by atoms with van der Waals surface area (Å²) in [5, 5.41) is 62.5. The second-order valence-corrected chi connectivity index (χ2v) is 21.3. The number of alkyl carbamates (subject to hydrolysis) is 1. The molecule has 1 unspecified atom stereocenters. The summed E-state index contributed by atoms with van der Waals surface area (Å²) in [6.45, 7) is 6.95. The summed E-state index contributed by atoms with van der Waals surface area (Å²) >= 11 is 0. The van der Waals surface area contributed by atoms with E-state index < -0.39 is 90.1 Å². The molecule has 0 bridgehead atoms. The van der Waals surface area contributed by atoms with Gasteiger partial charge in [0.25, 0.3) is 0 Å². The van der Waals surface area contributed by atoms with E-state index in [-0.39, 0.29) is 61.9 Å². The smallest absolute Gasteiger partial charge is 0.410 e. The summed E-state index contributed by atoms with van der Waals surface area (Å²) in [6.07, 6.45) is -7.01. The van der Waals surface area contributed by atoms with Gasteiger partial charge in [0.2, 0.25) is 11.7 Å². The number of fused-ring (bicyclic) bond motifs is 4. The minimum atomic E-state index is -1.87. The van der Waals surface area contributed by atoms with Gasteiger partial charge in [-0.1, -0.05) is 75.4 Å². The lowest BCUT2D eigenvalue weighted by Crippen LogP contribution is -2.57. The van der Waals surface area contributed by atoms with Crippen molar-refractivity contribution in [1.29, 1.82) is 0 Å². The van der Waals surface area contributed by atoms with Crippen molar-refractivity contribution in [3.05, 3.63) is 154 Å². The van der Waals surface area contributed by atoms with Crippen molar-refractivity contribution in [3.63, 3.8) is 0 Å². The number of hydrogen-bond acceptors (Lipinski definition) is 14. The van der Waals surface area contributed by atoms with Gasteiger partial charge in [0.15, 0.2) is 17.7 Å². The zero-order valence-corrected chi connectivity index (χ0v) is 45.3. The molecule has 7 aromatic rings. The molecule has 2 aliphatic rings. The number of nitrogens with zero attached hydrogens (tertiary/aromatic N) is 5. The van der Waals surface area contributed by atoms with E-state index in [9.17, 15) is 49.1 Å². The third-order valence-corrected chi connectivity index (χ3v) is 14.7. The van der Waals surface area contributed by atoms with E-state index in [4.69, 9.17) is 18.9 Å². The van der Waals surface area contributed by atoms with Gasteiger partial charge in [-0.15, -0.1) is 0 Å². The zero-order chi connectivity index (χ0) is 58.0. The predicted octanol–water partition coefficient (Wildman–Crippen LogP) is 7.55. The zero-order valence-electron chi connectivity index (χ0n) is 45.3. The fourth-order valence-electron chi connectivity index (χ4n) is 10.1. The van der Waals surface area contributed by atoms with Gasteiger partial charge >= 0.3 is 18.2 Å². The highest BCUT2D eigenvalue weighted by molar-refractivity contribution is 5.93. The fraction of sp³-hybridized carbons (Fsp3) is 0.356. The number of nitrogens with one attached hydrogen (secondary N) is 2. The molecule has 1 fully saturated rings. The van der Waals surface area contributed by atoms with Gasteiger partial charge in [-0.05, 0) is 65.4 Å². The molecule has 20 nitrogen and oxygen atoms in total. The van der Waals surface area contributed by atoms with E-state index >= 15 is 4.39 Å². The average Bonchev–Trinajstić information content (AvgIpc) is 4.28. The second-order valence-electron chi connectivity index (χ2n) is 21.3. The van der Waals surface area contributed by atoms with Crippen LogP contribution in [-0.4, -0.2) is 118 Å². The van der Waals surface area contributed by atoms with Gasteiger partial charge in [-0.2, -0.15) is 9.49 Å². The number of benzene rings is 4. The summed E-state index contributed by atoms with van der Waals surface area (Å²) < 4.78 is 57.4. The molecule has 3 amide bonds. The number of rotatable bonds is 18. The number of pyridine rings is 1. The number of anilines is 1. The number of aromatic nitrogens is 4. The van der Waals surface area contributed by atoms with Gasteiger partial charge in [0.1, 0.15) is 42.4 Å². The van der Waals surface area contributed by atoms with Crippen LogP contribution in [0.1, 0.15) is 85.2 Å². The van der Waals surface area contributed by atoms with Crippen molar-refractivity contribution in [2.75, 3.05) is 25.5 Å². The predicted molar refractivity (Wildman–Crippen MR) is 290 cm³/mol. The molecular formula is C59H63F2N7O13. The molecule has 2 aliphatic carbocycles. The number of aliphatic hydroxyl groups is 4. The van der Waals surface area contributed by atoms with Crippen LogP contribution in [0.15, 0.2) is 103 Å². The molecular weight excluding hydrogens is 1050 g/mol. The van der Waals surface area contributed by atoms with Crippen LogP contribution in [0.4, 0.5) is 24.1 Å². The largest absolute Gasteiger partial charge is 0.489 e. The number of imidazole rings is 1. The number of carboxylic acid groups (broad SMARTS) is 1. The number of aliphatic hydroxyl groups excluding tert-OH is 4. The molecule has 0 saturated heterocycles. The maximum Gasteiger partial charge on any atom is 0.410 e. The van der Waals surface area contributed by atoms with Crippen molar-refractivity contribution in [3.8, 4) is 33.8 Å². The normalized spacial score (nSPS) is 18.1. The van der Waals surface area contributed by atoms with E-state index in [1.165, 1.54) is 36.2 Å². The van der Waals surface area contributed by atoms with Crippen molar-refractivity contribution in [2.45, 2.75) is 96.7 Å². The summed E-state index contributed by atoms with van der Waals surface area (Å²) in [6, 6.07) is 25.3. The van der Waals surface area contributed by atoms with Crippen LogP contribution in [0.5, 0.6) is 11.5 Å². The molecule has 6 atom stereocenters. The van der Waals surface area contributed by atoms with Crippen LogP contribution < -0.4 is 20.1 Å². The van der Waals surface area contributed by atoms with Crippen molar-refractivity contribution >= 4 is 35.4 Å². The molecule has 9 rings (SSSR count). The number of halogens is 2. The average molecular weight is 1120 g/mol. The first-order chi connectivity index (χ1) is 38.6. The highest BCUT2D eigenvalue weighted by Crippen LogP contribution is 2.45. The molecule has 1 saturated carbocycles. The van der Waals surface area contributed by atoms with E-state index in [0.717, 1.165) is 39.6 Å². The molecule has 426 valence electrons. The Morgan fingerprint density at radius 2 is 1.60 bits per heavy atom. The first kappa shape index (κ1) is 57.3. The monoisotopic (exact) mass is 1120 g/mol. The van der Waals surface area contributed by atoms with Gasteiger partial charge in [0.05, 0.1) is 48.4 Å². The number of aliphatic carboxylic acids is 1. The Morgan fingerprint density at radius 1 is 0.901 bits per heavy atom. The Labute approximate surface area is 464 Å². The number of carbonyl (C=O) groups excluding carboxylic acids is 3. The Bertz CT molecular complexity index is 3460. The van der Waals surface area contributed by atoms with Crippen LogP contribution in [0, 0.1) is 29.9 Å². The fourth-order valence-corrected chi connectivity index (χ4v) is 10.1. The molecule has 81 heavy (non-hydrogen) atoms. The topological polar surface area (TPSA) is 269 Å². The van der Waals surface area contributed by atoms with Crippen molar-refractivity contribution < 1.29 is 72.4 Å². The third kappa shape index (κ3) is 12.2. The molecule has 22 heteroatoms. The van der Waals surface area contributed by atoms with E-state index in [2.05, 4.69) is 20.7 Å². The van der Waals surface area contributed by atoms with Gasteiger partial charge in [0, 0.05) is 79.6 Å². The lowest BCUT2D eigenvalue weighted by molar-refractivity contribution is -0.174. The standard InChI is InChI=1S/C59H63F2N7O13/c1-31-35(49(65-67(31)6)55(73)59(2,3)4)22-24-78-54-36(17-18-42(60)48(54)61)33-16-20-46-63-27-34(68(46)28-33)29-66(5)58(77)79-30-32-15-19-44(80-45-26-41(56(74)75)50(70)52(72)51(45)71)43(25-32)64-47(69)21-23-62-57(76)81-53-39-13-9-7-11-37(39)38-12-8-10-14-40(38)53/h7-20,25,27-28,41,45,50-53,55,70-73H,21-24,26,29-30H2,1-6H3,(H,62,76)(H,64,69)(H,74,75)/t41-,45+,50+,51-,52-,55?/m0/s1. The summed E-state index contributed by atoms with van der Waals surface area (Å²) in [7, 11) is 3.26. The quantitative estimate of drug-likeness (QED) is 0.0437. The number of hydrogen-bond donors (Lipinski definition) is 7. The summed E-state index contributed by atoms with van der Waals surface area (Å²) in [4.78, 5) is 57.9. The number of amides is 3. The SMILES string of the molecule is Cc1c(CCOc2c(-c3ccc4ncc(CN(C)C(=O)OCc5ccc(O[C@@H]6C[C@H](C(=O)O)[C@@H](O)[C@H](O)[C@H]6O)c(NC(=O)CCNC(=O)OC6c7ccccc7-c7ccccc76)c5)n4c3)ccc(F)c2F)c(C(O)C(C)(C)C)nn1C.